The Hall–Kier alpha value is -1.50. The number of ether oxygens (including phenoxy) is 1. The van der Waals surface area contributed by atoms with E-state index in [1.54, 1.807) is 20.8 Å². The Morgan fingerprint density at radius 3 is 2.41 bits per heavy atom. The number of hydrogen-bond acceptors (Lipinski definition) is 3. The van der Waals surface area contributed by atoms with Gasteiger partial charge in [0.2, 0.25) is 0 Å². The SMILES string of the molecule is C#CCN(CC(=O)C1CC1)C(=O)OC(C)(C)C. The zero-order chi connectivity index (χ0) is 13.1. The van der Waals surface area contributed by atoms with Crippen molar-refractivity contribution in [3.8, 4) is 12.3 Å². The molecule has 4 heteroatoms. The summed E-state index contributed by atoms with van der Waals surface area (Å²) in [5.74, 6) is 2.57. The summed E-state index contributed by atoms with van der Waals surface area (Å²) >= 11 is 0. The molecule has 0 atom stereocenters. The molecule has 1 fully saturated rings. The Morgan fingerprint density at radius 1 is 1.41 bits per heavy atom. The molecule has 0 aromatic heterocycles. The molecule has 0 unspecified atom stereocenters. The Bertz CT molecular complexity index is 345. The smallest absolute Gasteiger partial charge is 0.411 e. The average molecular weight is 237 g/mol. The first-order valence-electron chi connectivity index (χ1n) is 5.77. The van der Waals surface area contributed by atoms with Gasteiger partial charge in [-0.1, -0.05) is 5.92 Å². The highest BCUT2D eigenvalue weighted by Gasteiger charge is 2.32. The van der Waals surface area contributed by atoms with E-state index in [1.165, 1.54) is 4.90 Å². The highest BCUT2D eigenvalue weighted by atomic mass is 16.6. The van der Waals surface area contributed by atoms with Crippen LogP contribution >= 0.6 is 0 Å². The summed E-state index contributed by atoms with van der Waals surface area (Å²) in [5.41, 5.74) is -0.577. The van der Waals surface area contributed by atoms with Gasteiger partial charge in [-0.05, 0) is 33.6 Å². The van der Waals surface area contributed by atoms with Crippen molar-refractivity contribution in [1.29, 1.82) is 0 Å². The van der Waals surface area contributed by atoms with Gasteiger partial charge < -0.3 is 4.74 Å². The summed E-state index contributed by atoms with van der Waals surface area (Å²) in [4.78, 5) is 24.7. The van der Waals surface area contributed by atoms with E-state index >= 15 is 0 Å². The molecule has 1 aliphatic carbocycles. The normalized spacial score (nSPS) is 14.9. The van der Waals surface area contributed by atoms with E-state index in [2.05, 4.69) is 5.92 Å². The monoisotopic (exact) mass is 237 g/mol. The van der Waals surface area contributed by atoms with Crippen LogP contribution in [0.5, 0.6) is 0 Å². The van der Waals surface area contributed by atoms with E-state index < -0.39 is 11.7 Å². The third-order valence-corrected chi connectivity index (χ3v) is 2.31. The molecule has 1 rings (SSSR count). The fraction of sp³-hybridized carbons (Fsp3) is 0.692. The van der Waals surface area contributed by atoms with Gasteiger partial charge in [-0.25, -0.2) is 4.79 Å². The zero-order valence-corrected chi connectivity index (χ0v) is 10.7. The van der Waals surface area contributed by atoms with Crippen molar-refractivity contribution in [3.63, 3.8) is 0 Å². The van der Waals surface area contributed by atoms with Gasteiger partial charge in [0, 0.05) is 5.92 Å². The molecule has 0 saturated heterocycles. The number of carbonyl (C=O) groups is 2. The maximum atomic E-state index is 11.8. The Morgan fingerprint density at radius 2 is 2.00 bits per heavy atom. The Balaban J connectivity index is 2.55. The lowest BCUT2D eigenvalue weighted by atomic mass is 10.2. The van der Waals surface area contributed by atoms with E-state index in [0.29, 0.717) is 0 Å². The van der Waals surface area contributed by atoms with Crippen molar-refractivity contribution in [2.45, 2.75) is 39.2 Å². The Kier molecular flexibility index (Phi) is 4.17. The molecule has 1 saturated carbocycles. The number of amides is 1. The van der Waals surface area contributed by atoms with Crippen LogP contribution in [0.2, 0.25) is 0 Å². The highest BCUT2D eigenvalue weighted by molar-refractivity contribution is 5.87. The summed E-state index contributed by atoms with van der Waals surface area (Å²) in [6, 6.07) is 0. The largest absolute Gasteiger partial charge is 0.444 e. The van der Waals surface area contributed by atoms with Crippen LogP contribution in [0.1, 0.15) is 33.6 Å². The summed E-state index contributed by atoms with van der Waals surface area (Å²) in [7, 11) is 0. The maximum Gasteiger partial charge on any atom is 0.411 e. The van der Waals surface area contributed by atoms with Crippen molar-refractivity contribution in [2.75, 3.05) is 13.1 Å². The summed E-state index contributed by atoms with van der Waals surface area (Å²) in [6.07, 6.45) is 6.52. The predicted molar refractivity (Wildman–Crippen MR) is 64.4 cm³/mol. The van der Waals surface area contributed by atoms with Gasteiger partial charge >= 0.3 is 6.09 Å². The lowest BCUT2D eigenvalue weighted by Crippen LogP contribution is -2.40. The van der Waals surface area contributed by atoms with Crippen LogP contribution in [0.25, 0.3) is 0 Å². The van der Waals surface area contributed by atoms with Crippen molar-refractivity contribution in [2.24, 2.45) is 5.92 Å². The van der Waals surface area contributed by atoms with Crippen LogP contribution < -0.4 is 0 Å². The van der Waals surface area contributed by atoms with Crippen molar-refractivity contribution in [3.05, 3.63) is 0 Å². The third kappa shape index (κ3) is 4.90. The van der Waals surface area contributed by atoms with Crippen LogP contribution in [-0.4, -0.2) is 35.5 Å². The molecule has 94 valence electrons. The van der Waals surface area contributed by atoms with Crippen LogP contribution in [0.4, 0.5) is 4.79 Å². The zero-order valence-electron chi connectivity index (χ0n) is 10.7. The molecule has 17 heavy (non-hydrogen) atoms. The number of carbonyl (C=O) groups excluding carboxylic acids is 2. The second kappa shape index (κ2) is 5.22. The molecule has 0 bridgehead atoms. The minimum Gasteiger partial charge on any atom is -0.444 e. The van der Waals surface area contributed by atoms with Crippen LogP contribution in [0.15, 0.2) is 0 Å². The van der Waals surface area contributed by atoms with Gasteiger partial charge in [-0.3, -0.25) is 9.69 Å². The number of rotatable bonds is 4. The van der Waals surface area contributed by atoms with Crippen molar-refractivity contribution in [1.82, 2.24) is 4.90 Å². The highest BCUT2D eigenvalue weighted by Crippen LogP contribution is 2.30. The molecule has 0 heterocycles. The van der Waals surface area contributed by atoms with Gasteiger partial charge in [0.25, 0.3) is 0 Å². The Labute approximate surface area is 102 Å². The quantitative estimate of drug-likeness (QED) is 0.701. The standard InChI is InChI=1S/C13H19NO3/c1-5-8-14(9-11(15)10-6-7-10)12(16)17-13(2,3)4/h1,10H,6-9H2,2-4H3. The topological polar surface area (TPSA) is 46.6 Å². The summed E-state index contributed by atoms with van der Waals surface area (Å²) in [5, 5.41) is 0. The number of ketones is 1. The molecule has 0 N–H and O–H groups in total. The van der Waals surface area contributed by atoms with Gasteiger partial charge in [0.1, 0.15) is 5.60 Å². The van der Waals surface area contributed by atoms with E-state index in [1.807, 2.05) is 0 Å². The minimum atomic E-state index is -0.577. The van der Waals surface area contributed by atoms with Crippen molar-refractivity contribution >= 4 is 11.9 Å². The summed E-state index contributed by atoms with van der Waals surface area (Å²) in [6.45, 7) is 5.50. The second-order valence-corrected chi connectivity index (χ2v) is 5.28. The average Bonchev–Trinajstić information content (AvgIpc) is 2.97. The lowest BCUT2D eigenvalue weighted by molar-refractivity contribution is -0.121. The minimum absolute atomic E-state index is 0.0593. The lowest BCUT2D eigenvalue weighted by Gasteiger charge is -2.25. The van der Waals surface area contributed by atoms with Gasteiger partial charge in [-0.15, -0.1) is 6.42 Å². The molecule has 0 spiro atoms. The summed E-state index contributed by atoms with van der Waals surface area (Å²) < 4.78 is 5.19. The fourth-order valence-electron chi connectivity index (χ4n) is 1.34. The fourth-order valence-corrected chi connectivity index (χ4v) is 1.34. The molecule has 1 aliphatic rings. The first-order chi connectivity index (χ1) is 7.83. The van der Waals surface area contributed by atoms with E-state index in [9.17, 15) is 9.59 Å². The molecular formula is C13H19NO3. The predicted octanol–water partition coefficient (Wildman–Crippen LogP) is 1.84. The van der Waals surface area contributed by atoms with E-state index in [4.69, 9.17) is 11.2 Å². The van der Waals surface area contributed by atoms with Gasteiger partial charge in [-0.2, -0.15) is 0 Å². The molecule has 0 aromatic carbocycles. The van der Waals surface area contributed by atoms with E-state index in [0.717, 1.165) is 12.8 Å². The second-order valence-electron chi connectivity index (χ2n) is 5.28. The molecular weight excluding hydrogens is 218 g/mol. The number of Topliss-reactive ketones (excluding diaryl/α,β-unsaturated/α-hetero) is 1. The maximum absolute atomic E-state index is 11.8. The molecule has 4 nitrogen and oxygen atoms in total. The van der Waals surface area contributed by atoms with Gasteiger partial charge in [0.05, 0.1) is 13.1 Å². The van der Waals surface area contributed by atoms with Crippen molar-refractivity contribution < 1.29 is 14.3 Å². The first-order valence-corrected chi connectivity index (χ1v) is 5.77. The van der Waals surface area contributed by atoms with Gasteiger partial charge in [0.15, 0.2) is 5.78 Å². The third-order valence-electron chi connectivity index (χ3n) is 2.31. The molecule has 0 aromatic rings. The number of terminal acetylenes is 1. The van der Waals surface area contributed by atoms with Crippen LogP contribution in [0.3, 0.4) is 0 Å². The van der Waals surface area contributed by atoms with Crippen LogP contribution in [0, 0.1) is 18.3 Å². The molecule has 0 aliphatic heterocycles. The number of nitrogens with zero attached hydrogens (tertiary/aromatic N) is 1. The first kappa shape index (κ1) is 13.6. The van der Waals surface area contributed by atoms with Crippen LogP contribution in [-0.2, 0) is 9.53 Å². The number of hydrogen-bond donors (Lipinski definition) is 0. The molecule has 1 amide bonds. The molecule has 0 radical (unpaired) electrons. The van der Waals surface area contributed by atoms with E-state index in [-0.39, 0.29) is 24.8 Å².